The second kappa shape index (κ2) is 8.06. The molecule has 0 heterocycles. The molecule has 0 unspecified atom stereocenters. The van der Waals surface area contributed by atoms with Crippen LogP contribution in [0.15, 0.2) is 40.4 Å². The topological polar surface area (TPSA) is 82.3 Å². The molecular weight excluding hydrogens is 408 g/mol. The number of hydrogen-bond acceptors (Lipinski definition) is 4. The van der Waals surface area contributed by atoms with E-state index in [-0.39, 0.29) is 17.1 Å². The number of carbonyl (C=O) groups is 1. The summed E-state index contributed by atoms with van der Waals surface area (Å²) in [5.74, 6) is -0.381. The molecule has 2 aromatic rings. The average molecular weight is 422 g/mol. The first-order valence-electron chi connectivity index (χ1n) is 7.11. The molecule has 0 fully saturated rings. The molecule has 7 heteroatoms. The summed E-state index contributed by atoms with van der Waals surface area (Å²) in [5, 5.41) is 22.2. The van der Waals surface area contributed by atoms with Crippen LogP contribution in [0.2, 0.25) is 5.02 Å². The molecule has 0 saturated carbocycles. The lowest BCUT2D eigenvalue weighted by Crippen LogP contribution is -2.14. The Balaban J connectivity index is 2.36. The lowest BCUT2D eigenvalue weighted by atomic mass is 10.1. The van der Waals surface area contributed by atoms with E-state index in [9.17, 15) is 15.2 Å². The fraction of sp³-hybridized carbons (Fsp3) is 0.111. The minimum atomic E-state index is -0.563. The van der Waals surface area contributed by atoms with Crippen molar-refractivity contribution in [1.82, 2.24) is 0 Å². The molecule has 2 rings (SSSR count). The van der Waals surface area contributed by atoms with Crippen LogP contribution in [0.3, 0.4) is 0 Å². The minimum Gasteiger partial charge on any atom is -0.504 e. The van der Waals surface area contributed by atoms with Gasteiger partial charge in [0.05, 0.1) is 7.11 Å². The van der Waals surface area contributed by atoms with Crippen molar-refractivity contribution in [1.29, 1.82) is 5.26 Å². The van der Waals surface area contributed by atoms with Crippen molar-refractivity contribution in [2.24, 2.45) is 0 Å². The Bertz CT molecular complexity index is 904. The fourth-order valence-electron chi connectivity index (χ4n) is 2.06. The molecule has 0 atom stereocenters. The summed E-state index contributed by atoms with van der Waals surface area (Å²) in [7, 11) is 1.41. The second-order valence-corrected chi connectivity index (χ2v) is 6.42. The van der Waals surface area contributed by atoms with Crippen molar-refractivity contribution in [3.8, 4) is 17.6 Å². The molecule has 0 bridgehead atoms. The van der Waals surface area contributed by atoms with Crippen molar-refractivity contribution < 1.29 is 14.6 Å². The van der Waals surface area contributed by atoms with Crippen LogP contribution in [0.4, 0.5) is 5.69 Å². The first-order chi connectivity index (χ1) is 11.8. The van der Waals surface area contributed by atoms with E-state index < -0.39 is 5.91 Å². The van der Waals surface area contributed by atoms with Crippen molar-refractivity contribution in [3.05, 3.63) is 56.5 Å². The summed E-state index contributed by atoms with van der Waals surface area (Å²) in [6.45, 7) is 1.82. The number of anilines is 1. The molecule has 128 valence electrons. The molecule has 0 saturated heterocycles. The molecule has 2 aromatic carbocycles. The molecule has 0 aliphatic rings. The number of aryl methyl sites for hydroxylation is 1. The summed E-state index contributed by atoms with van der Waals surface area (Å²) in [5.41, 5.74) is 1.76. The van der Waals surface area contributed by atoms with Gasteiger partial charge in [-0.25, -0.2) is 0 Å². The number of carbonyl (C=O) groups excluding carboxylic acids is 1. The van der Waals surface area contributed by atoms with E-state index in [2.05, 4.69) is 21.2 Å². The molecular formula is C18H14BrClN2O3. The van der Waals surface area contributed by atoms with Gasteiger partial charge in [0.1, 0.15) is 11.6 Å². The van der Waals surface area contributed by atoms with Crippen LogP contribution < -0.4 is 10.1 Å². The quantitative estimate of drug-likeness (QED) is 0.555. The Labute approximate surface area is 158 Å². The second-order valence-electron chi connectivity index (χ2n) is 5.13. The number of amides is 1. The number of benzene rings is 2. The molecule has 0 radical (unpaired) electrons. The number of nitrogens with one attached hydrogen (secondary N) is 1. The Morgan fingerprint density at radius 1 is 1.40 bits per heavy atom. The standard InChI is InChI=1S/C18H14BrClN2O3/c1-10-3-4-13(20)7-15(10)22-18(24)12(9-21)5-11-6-17(25-2)16(23)8-14(11)19/h3-8,23H,1-2H3,(H,22,24)/b12-5+. The normalized spacial score (nSPS) is 10.9. The van der Waals surface area contributed by atoms with Crippen LogP contribution >= 0.6 is 27.5 Å². The van der Waals surface area contributed by atoms with E-state index in [0.29, 0.717) is 20.7 Å². The van der Waals surface area contributed by atoms with Gasteiger partial charge in [-0.05, 0) is 48.4 Å². The van der Waals surface area contributed by atoms with E-state index in [1.54, 1.807) is 18.2 Å². The van der Waals surface area contributed by atoms with Crippen LogP contribution in [0.1, 0.15) is 11.1 Å². The molecule has 5 nitrogen and oxygen atoms in total. The molecule has 0 aromatic heterocycles. The van der Waals surface area contributed by atoms with E-state index in [1.807, 2.05) is 13.0 Å². The zero-order valence-electron chi connectivity index (χ0n) is 13.4. The van der Waals surface area contributed by atoms with Gasteiger partial charge in [0.2, 0.25) is 0 Å². The van der Waals surface area contributed by atoms with Gasteiger partial charge in [0.15, 0.2) is 11.5 Å². The number of halogens is 2. The number of rotatable bonds is 4. The number of nitriles is 1. The monoisotopic (exact) mass is 420 g/mol. The third-order valence-corrected chi connectivity index (χ3v) is 4.33. The lowest BCUT2D eigenvalue weighted by molar-refractivity contribution is -0.112. The van der Waals surface area contributed by atoms with E-state index >= 15 is 0 Å². The van der Waals surface area contributed by atoms with Crippen molar-refractivity contribution in [2.75, 3.05) is 12.4 Å². The zero-order valence-corrected chi connectivity index (χ0v) is 15.8. The van der Waals surface area contributed by atoms with Gasteiger partial charge < -0.3 is 15.2 Å². The van der Waals surface area contributed by atoms with Crippen LogP contribution in [-0.4, -0.2) is 18.1 Å². The third-order valence-electron chi connectivity index (χ3n) is 3.41. The van der Waals surface area contributed by atoms with Crippen LogP contribution in [0.25, 0.3) is 6.08 Å². The molecule has 0 aliphatic heterocycles. The van der Waals surface area contributed by atoms with Crippen molar-refractivity contribution >= 4 is 45.2 Å². The largest absolute Gasteiger partial charge is 0.504 e. The highest BCUT2D eigenvalue weighted by Gasteiger charge is 2.13. The molecule has 1 amide bonds. The SMILES string of the molecule is COc1cc(/C=C(\C#N)C(=O)Nc2cc(Cl)ccc2C)c(Br)cc1O. The number of aromatic hydroxyl groups is 1. The first-order valence-corrected chi connectivity index (χ1v) is 8.28. The number of phenols is 1. The summed E-state index contributed by atoms with van der Waals surface area (Å²) in [6, 6.07) is 9.93. The summed E-state index contributed by atoms with van der Waals surface area (Å²) >= 11 is 9.22. The Kier molecular flexibility index (Phi) is 6.07. The van der Waals surface area contributed by atoms with Crippen molar-refractivity contribution in [3.63, 3.8) is 0 Å². The third kappa shape index (κ3) is 4.53. The van der Waals surface area contributed by atoms with Crippen LogP contribution in [0.5, 0.6) is 11.5 Å². The van der Waals surface area contributed by atoms with E-state index in [1.165, 1.54) is 25.3 Å². The van der Waals surface area contributed by atoms with Crippen molar-refractivity contribution in [2.45, 2.75) is 6.92 Å². The molecule has 2 N–H and O–H groups in total. The molecule has 25 heavy (non-hydrogen) atoms. The summed E-state index contributed by atoms with van der Waals surface area (Å²) in [6.07, 6.45) is 1.40. The lowest BCUT2D eigenvalue weighted by Gasteiger charge is -2.09. The highest BCUT2D eigenvalue weighted by molar-refractivity contribution is 9.10. The number of nitrogens with zero attached hydrogens (tertiary/aromatic N) is 1. The Hall–Kier alpha value is -2.49. The Morgan fingerprint density at radius 2 is 2.12 bits per heavy atom. The van der Waals surface area contributed by atoms with Gasteiger partial charge in [0, 0.05) is 15.2 Å². The average Bonchev–Trinajstić information content (AvgIpc) is 2.57. The van der Waals surface area contributed by atoms with Gasteiger partial charge in [-0.1, -0.05) is 33.6 Å². The molecule has 0 aliphatic carbocycles. The number of phenolic OH excluding ortho intramolecular Hbond substituents is 1. The number of ether oxygens (including phenoxy) is 1. The van der Waals surface area contributed by atoms with Gasteiger partial charge >= 0.3 is 0 Å². The van der Waals surface area contributed by atoms with Crippen LogP contribution in [-0.2, 0) is 4.79 Å². The smallest absolute Gasteiger partial charge is 0.266 e. The predicted molar refractivity (Wildman–Crippen MR) is 101 cm³/mol. The number of methoxy groups -OCH3 is 1. The Morgan fingerprint density at radius 3 is 2.76 bits per heavy atom. The van der Waals surface area contributed by atoms with Gasteiger partial charge in [-0.2, -0.15) is 5.26 Å². The highest BCUT2D eigenvalue weighted by atomic mass is 79.9. The maximum absolute atomic E-state index is 12.4. The van der Waals surface area contributed by atoms with Gasteiger partial charge in [0.25, 0.3) is 5.91 Å². The maximum atomic E-state index is 12.4. The van der Waals surface area contributed by atoms with E-state index in [0.717, 1.165) is 5.56 Å². The zero-order chi connectivity index (χ0) is 18.6. The molecule has 0 spiro atoms. The minimum absolute atomic E-state index is 0.0518. The maximum Gasteiger partial charge on any atom is 0.266 e. The first kappa shape index (κ1) is 18.8. The van der Waals surface area contributed by atoms with E-state index in [4.69, 9.17) is 16.3 Å². The highest BCUT2D eigenvalue weighted by Crippen LogP contribution is 2.33. The summed E-state index contributed by atoms with van der Waals surface area (Å²) < 4.78 is 5.56. The summed E-state index contributed by atoms with van der Waals surface area (Å²) in [4.78, 5) is 12.4. The van der Waals surface area contributed by atoms with Gasteiger partial charge in [-0.15, -0.1) is 0 Å². The number of hydrogen-bond donors (Lipinski definition) is 2. The van der Waals surface area contributed by atoms with Crippen LogP contribution in [0, 0.1) is 18.3 Å². The van der Waals surface area contributed by atoms with Gasteiger partial charge in [-0.3, -0.25) is 4.79 Å². The fourth-order valence-corrected chi connectivity index (χ4v) is 2.67. The predicted octanol–water partition coefficient (Wildman–Crippen LogP) is 4.67.